The molecule has 0 aliphatic carbocycles. The zero-order valence-corrected chi connectivity index (χ0v) is 14.3. The lowest BCUT2D eigenvalue weighted by Crippen LogP contribution is -2.50. The van der Waals surface area contributed by atoms with E-state index in [1.807, 2.05) is 25.7 Å². The molecule has 2 heterocycles. The zero-order valence-electron chi connectivity index (χ0n) is 14.3. The van der Waals surface area contributed by atoms with Crippen LogP contribution >= 0.6 is 0 Å². The van der Waals surface area contributed by atoms with E-state index in [9.17, 15) is 15.0 Å². The third kappa shape index (κ3) is 4.43. The average molecular weight is 312 g/mol. The lowest BCUT2D eigenvalue weighted by atomic mass is 9.90. The van der Waals surface area contributed by atoms with E-state index < -0.39 is 0 Å². The highest BCUT2D eigenvalue weighted by molar-refractivity contribution is 5.81. The van der Waals surface area contributed by atoms with Gasteiger partial charge < -0.3 is 15.1 Å². The van der Waals surface area contributed by atoms with Crippen LogP contribution in [0.2, 0.25) is 0 Å². The molecular weight excluding hydrogens is 280 g/mol. The van der Waals surface area contributed by atoms with Crippen LogP contribution in [0.1, 0.15) is 46.5 Å². The molecule has 2 unspecified atom stereocenters. The summed E-state index contributed by atoms with van der Waals surface area (Å²) in [5.74, 6) is 0.841. The first kappa shape index (κ1) is 17.7. The predicted molar refractivity (Wildman–Crippen MR) is 86.4 cm³/mol. The molecule has 22 heavy (non-hydrogen) atoms. The summed E-state index contributed by atoms with van der Waals surface area (Å²) >= 11 is 0. The summed E-state index contributed by atoms with van der Waals surface area (Å²) < 4.78 is 0. The largest absolute Gasteiger partial charge is 0.395 e. The Morgan fingerprint density at radius 2 is 1.77 bits per heavy atom. The lowest BCUT2D eigenvalue weighted by Gasteiger charge is -2.41. The number of aliphatic hydroxyl groups is 2. The molecule has 0 spiro atoms. The minimum Gasteiger partial charge on any atom is -0.395 e. The highest BCUT2D eigenvalue weighted by atomic mass is 16.3. The molecule has 0 saturated carbocycles. The van der Waals surface area contributed by atoms with Crippen LogP contribution in [0.5, 0.6) is 0 Å². The Hall–Kier alpha value is -0.650. The van der Waals surface area contributed by atoms with Crippen LogP contribution in [-0.2, 0) is 4.79 Å². The highest BCUT2D eigenvalue weighted by Gasteiger charge is 2.33. The third-order valence-electron chi connectivity index (χ3n) is 5.06. The number of carbonyl (C=O) groups is 1. The van der Waals surface area contributed by atoms with Gasteiger partial charge in [-0.1, -0.05) is 20.8 Å². The van der Waals surface area contributed by atoms with Gasteiger partial charge in [0.05, 0.1) is 12.7 Å². The third-order valence-corrected chi connectivity index (χ3v) is 5.06. The second kappa shape index (κ2) is 7.28. The number of rotatable bonds is 3. The smallest absolute Gasteiger partial charge is 0.227 e. The number of hydrogen-bond acceptors (Lipinski definition) is 4. The minimum absolute atomic E-state index is 0.0954. The molecule has 0 aromatic carbocycles. The average Bonchev–Trinajstić information content (AvgIpc) is 2.48. The van der Waals surface area contributed by atoms with E-state index in [-0.39, 0.29) is 30.1 Å². The molecule has 0 radical (unpaired) electrons. The fourth-order valence-electron chi connectivity index (χ4n) is 3.63. The molecule has 0 aromatic rings. The van der Waals surface area contributed by atoms with Crippen LogP contribution in [0, 0.1) is 11.3 Å². The Morgan fingerprint density at radius 1 is 1.14 bits per heavy atom. The number of aliphatic hydroxyl groups excluding tert-OH is 2. The number of hydrogen-bond donors (Lipinski definition) is 2. The zero-order chi connectivity index (χ0) is 16.3. The topological polar surface area (TPSA) is 64.0 Å². The van der Waals surface area contributed by atoms with Gasteiger partial charge in [0, 0.05) is 37.6 Å². The molecule has 1 amide bonds. The van der Waals surface area contributed by atoms with E-state index in [4.69, 9.17) is 0 Å². The number of likely N-dealkylation sites (tertiary alicyclic amines) is 2. The van der Waals surface area contributed by atoms with Gasteiger partial charge >= 0.3 is 0 Å². The van der Waals surface area contributed by atoms with Crippen molar-refractivity contribution in [3.63, 3.8) is 0 Å². The van der Waals surface area contributed by atoms with Gasteiger partial charge in [0.2, 0.25) is 5.91 Å². The van der Waals surface area contributed by atoms with Crippen LogP contribution in [0.3, 0.4) is 0 Å². The van der Waals surface area contributed by atoms with E-state index in [0.717, 1.165) is 45.4 Å². The lowest BCUT2D eigenvalue weighted by molar-refractivity contribution is -0.141. The molecule has 2 atom stereocenters. The van der Waals surface area contributed by atoms with E-state index in [1.165, 1.54) is 0 Å². The van der Waals surface area contributed by atoms with Crippen molar-refractivity contribution in [3.8, 4) is 0 Å². The fourth-order valence-corrected chi connectivity index (χ4v) is 3.63. The molecule has 5 heteroatoms. The van der Waals surface area contributed by atoms with Gasteiger partial charge in [0.15, 0.2) is 0 Å². The van der Waals surface area contributed by atoms with Crippen molar-refractivity contribution in [2.24, 2.45) is 11.3 Å². The van der Waals surface area contributed by atoms with Gasteiger partial charge in [-0.2, -0.15) is 0 Å². The van der Waals surface area contributed by atoms with Crippen LogP contribution < -0.4 is 0 Å². The van der Waals surface area contributed by atoms with Crippen molar-refractivity contribution in [2.45, 2.75) is 58.6 Å². The number of amides is 1. The summed E-state index contributed by atoms with van der Waals surface area (Å²) in [5.41, 5.74) is -0.294. The Balaban J connectivity index is 1.81. The Labute approximate surface area is 134 Å². The summed E-state index contributed by atoms with van der Waals surface area (Å²) in [7, 11) is 0. The molecular formula is C17H32N2O3. The van der Waals surface area contributed by atoms with Crippen molar-refractivity contribution in [1.29, 1.82) is 0 Å². The second-order valence-corrected chi connectivity index (χ2v) is 8.00. The number of piperidine rings is 2. The summed E-state index contributed by atoms with van der Waals surface area (Å²) in [6.45, 7) is 9.61. The summed E-state index contributed by atoms with van der Waals surface area (Å²) in [6.07, 6.45) is 3.30. The summed E-state index contributed by atoms with van der Waals surface area (Å²) in [5, 5.41) is 19.2. The van der Waals surface area contributed by atoms with Crippen molar-refractivity contribution >= 4 is 5.91 Å². The fraction of sp³-hybridized carbons (Fsp3) is 0.941. The quantitative estimate of drug-likeness (QED) is 0.819. The second-order valence-electron chi connectivity index (χ2n) is 8.00. The molecule has 2 fully saturated rings. The van der Waals surface area contributed by atoms with Crippen molar-refractivity contribution in [3.05, 3.63) is 0 Å². The first-order valence-electron chi connectivity index (χ1n) is 8.63. The molecule has 2 saturated heterocycles. The standard InChI is InChI=1S/C17H32N2O3/c1-17(2,3)16(22)18-7-4-13(5-8-18)11-19-9-6-15(21)10-14(19)12-20/h13-15,20-21H,4-12H2,1-3H3. The number of nitrogens with zero attached hydrogens (tertiary/aromatic N) is 2. The van der Waals surface area contributed by atoms with Crippen LogP contribution in [0.25, 0.3) is 0 Å². The van der Waals surface area contributed by atoms with Crippen molar-refractivity contribution in [1.82, 2.24) is 9.80 Å². The maximum absolute atomic E-state index is 12.3. The first-order chi connectivity index (χ1) is 10.3. The van der Waals surface area contributed by atoms with Gasteiger partial charge in [-0.15, -0.1) is 0 Å². The molecule has 0 aromatic heterocycles. The molecule has 2 aliphatic rings. The van der Waals surface area contributed by atoms with Gasteiger partial charge in [-0.05, 0) is 31.6 Å². The SMILES string of the molecule is CC(C)(C)C(=O)N1CCC(CN2CCC(O)CC2CO)CC1. The van der Waals surface area contributed by atoms with Gasteiger partial charge in [0.1, 0.15) is 0 Å². The van der Waals surface area contributed by atoms with Crippen LogP contribution in [0.4, 0.5) is 0 Å². The van der Waals surface area contributed by atoms with E-state index in [2.05, 4.69) is 4.90 Å². The van der Waals surface area contributed by atoms with Crippen molar-refractivity contribution < 1.29 is 15.0 Å². The Morgan fingerprint density at radius 3 is 2.32 bits per heavy atom. The normalized spacial score (nSPS) is 28.9. The Bertz CT molecular complexity index is 373. The molecule has 5 nitrogen and oxygen atoms in total. The number of carbonyl (C=O) groups excluding carboxylic acids is 1. The molecule has 0 bridgehead atoms. The summed E-state index contributed by atoms with van der Waals surface area (Å²) in [4.78, 5) is 16.6. The van der Waals surface area contributed by atoms with Gasteiger partial charge in [-0.25, -0.2) is 0 Å². The van der Waals surface area contributed by atoms with E-state index >= 15 is 0 Å². The maximum Gasteiger partial charge on any atom is 0.227 e. The van der Waals surface area contributed by atoms with E-state index in [1.54, 1.807) is 0 Å². The molecule has 128 valence electrons. The monoisotopic (exact) mass is 312 g/mol. The molecule has 2 N–H and O–H groups in total. The maximum atomic E-state index is 12.3. The molecule has 2 rings (SSSR count). The summed E-state index contributed by atoms with van der Waals surface area (Å²) in [6, 6.07) is 0.0954. The van der Waals surface area contributed by atoms with Crippen LogP contribution in [0.15, 0.2) is 0 Å². The Kier molecular flexibility index (Phi) is 5.86. The van der Waals surface area contributed by atoms with Crippen LogP contribution in [-0.4, -0.2) is 70.9 Å². The van der Waals surface area contributed by atoms with E-state index in [0.29, 0.717) is 12.3 Å². The molecule has 2 aliphatic heterocycles. The predicted octanol–water partition coefficient (Wildman–Crippen LogP) is 1.09. The van der Waals surface area contributed by atoms with Crippen molar-refractivity contribution in [2.75, 3.05) is 32.8 Å². The minimum atomic E-state index is -0.294. The van der Waals surface area contributed by atoms with Gasteiger partial charge in [-0.3, -0.25) is 9.69 Å². The van der Waals surface area contributed by atoms with Gasteiger partial charge in [0.25, 0.3) is 0 Å². The first-order valence-corrected chi connectivity index (χ1v) is 8.63. The highest BCUT2D eigenvalue weighted by Crippen LogP contribution is 2.26.